The maximum Gasteiger partial charge on any atom is 0.252 e. The zero-order chi connectivity index (χ0) is 20.6. The highest BCUT2D eigenvalue weighted by molar-refractivity contribution is 5.46. The smallest absolute Gasteiger partial charge is 0.252 e. The Morgan fingerprint density at radius 3 is 2.60 bits per heavy atom. The van der Waals surface area contributed by atoms with Crippen LogP contribution < -0.4 is 10.3 Å². The zero-order valence-corrected chi connectivity index (χ0v) is 17.7. The Hall–Kier alpha value is -2.51. The van der Waals surface area contributed by atoms with E-state index in [4.69, 9.17) is 4.74 Å². The molecule has 1 saturated carbocycles. The fraction of sp³-hybridized carbons (Fsp3) is 0.500. The summed E-state index contributed by atoms with van der Waals surface area (Å²) in [6, 6.07) is 12.0. The van der Waals surface area contributed by atoms with Crippen molar-refractivity contribution in [3.8, 4) is 17.6 Å². The molecular weight excluding hydrogens is 372 g/mol. The van der Waals surface area contributed by atoms with Gasteiger partial charge in [0.1, 0.15) is 5.75 Å². The first-order valence-electron chi connectivity index (χ1n) is 11.4. The summed E-state index contributed by atoms with van der Waals surface area (Å²) in [5.41, 5.74) is 1.86. The highest BCUT2D eigenvalue weighted by Gasteiger charge is 2.19. The van der Waals surface area contributed by atoms with Gasteiger partial charge in [0, 0.05) is 24.2 Å². The number of hydrogen-bond acceptors (Lipinski definition) is 3. The van der Waals surface area contributed by atoms with E-state index in [1.165, 1.54) is 32.1 Å². The largest absolute Gasteiger partial charge is 0.492 e. The minimum Gasteiger partial charge on any atom is -0.492 e. The number of hydrogen-bond donors (Lipinski definition) is 1. The van der Waals surface area contributed by atoms with Gasteiger partial charge in [0.05, 0.1) is 12.2 Å². The minimum absolute atomic E-state index is 0.0178. The number of para-hydroxylation sites is 1. The van der Waals surface area contributed by atoms with Gasteiger partial charge in [0.25, 0.3) is 5.56 Å². The summed E-state index contributed by atoms with van der Waals surface area (Å²) in [6.45, 7) is 3.49. The molecule has 1 aliphatic carbocycles. The van der Waals surface area contributed by atoms with E-state index in [0.29, 0.717) is 18.4 Å². The fourth-order valence-electron chi connectivity index (χ4n) is 4.49. The molecular formula is C26H32N2O2. The van der Waals surface area contributed by atoms with E-state index in [9.17, 15) is 4.79 Å². The van der Waals surface area contributed by atoms with Crippen LogP contribution in [0.4, 0.5) is 0 Å². The number of nitrogens with one attached hydrogen (secondary N) is 1. The van der Waals surface area contributed by atoms with Crippen LogP contribution >= 0.6 is 0 Å². The molecule has 2 fully saturated rings. The van der Waals surface area contributed by atoms with E-state index in [1.54, 1.807) is 6.20 Å². The second kappa shape index (κ2) is 10.5. The van der Waals surface area contributed by atoms with E-state index in [1.807, 2.05) is 30.3 Å². The summed E-state index contributed by atoms with van der Waals surface area (Å²) < 4.78 is 6.17. The van der Waals surface area contributed by atoms with Gasteiger partial charge in [0.2, 0.25) is 0 Å². The van der Waals surface area contributed by atoms with Gasteiger partial charge in [-0.15, -0.1) is 0 Å². The van der Waals surface area contributed by atoms with Crippen molar-refractivity contribution < 1.29 is 4.74 Å². The van der Waals surface area contributed by atoms with E-state index in [0.717, 1.165) is 49.4 Å². The van der Waals surface area contributed by atoms with Gasteiger partial charge in [-0.3, -0.25) is 9.69 Å². The molecule has 158 valence electrons. The molecule has 1 N–H and O–H groups in total. The topological polar surface area (TPSA) is 45.3 Å². The van der Waals surface area contributed by atoms with Crippen LogP contribution in [0, 0.1) is 23.7 Å². The number of rotatable bonds is 5. The second-order valence-corrected chi connectivity index (χ2v) is 8.66. The molecule has 0 unspecified atom stereocenters. The first-order valence-corrected chi connectivity index (χ1v) is 11.4. The highest BCUT2D eigenvalue weighted by Crippen LogP contribution is 2.26. The molecule has 30 heavy (non-hydrogen) atoms. The molecule has 1 aliphatic heterocycles. The summed E-state index contributed by atoms with van der Waals surface area (Å²) in [5, 5.41) is 0. The van der Waals surface area contributed by atoms with Crippen molar-refractivity contribution in [3.63, 3.8) is 0 Å². The molecule has 4 nitrogen and oxygen atoms in total. The predicted molar refractivity (Wildman–Crippen MR) is 120 cm³/mol. The molecule has 2 aromatic rings. The molecule has 4 rings (SSSR count). The lowest BCUT2D eigenvalue weighted by Gasteiger charge is -2.29. The third-order valence-electron chi connectivity index (χ3n) is 6.38. The van der Waals surface area contributed by atoms with Crippen LogP contribution in [0.25, 0.3) is 0 Å². The SMILES string of the molecule is O=c1[nH]cccc1CN1CCC(C#Cc2ccccc2OCC2CCCCC2)CC1. The van der Waals surface area contributed by atoms with Crippen LogP contribution in [0.15, 0.2) is 47.4 Å². The molecule has 1 saturated heterocycles. The standard InChI is InChI=1S/C26H32N2O2/c29-26-24(10-6-16-27-26)19-28-17-14-21(15-18-28)12-13-23-9-4-5-11-25(23)30-20-22-7-2-1-3-8-22/h4-6,9-11,16,21-22H,1-3,7-8,14-15,17-20H2,(H,27,29). The Morgan fingerprint density at radius 1 is 1.00 bits per heavy atom. The average Bonchev–Trinajstić information content (AvgIpc) is 2.80. The monoisotopic (exact) mass is 404 g/mol. The second-order valence-electron chi connectivity index (χ2n) is 8.66. The number of pyridine rings is 1. The summed E-state index contributed by atoms with van der Waals surface area (Å²) in [6.07, 6.45) is 10.4. The summed E-state index contributed by atoms with van der Waals surface area (Å²) in [5.74, 6) is 8.91. The Labute approximate surface area is 179 Å². The van der Waals surface area contributed by atoms with Gasteiger partial charge in [-0.25, -0.2) is 0 Å². The number of aromatic amines is 1. The van der Waals surface area contributed by atoms with E-state index in [2.05, 4.69) is 27.8 Å². The molecule has 0 atom stereocenters. The van der Waals surface area contributed by atoms with Crippen molar-refractivity contribution in [2.75, 3.05) is 19.7 Å². The number of benzene rings is 1. The summed E-state index contributed by atoms with van der Waals surface area (Å²) >= 11 is 0. The number of piperidine rings is 1. The quantitative estimate of drug-likeness (QED) is 0.741. The lowest BCUT2D eigenvalue weighted by Crippen LogP contribution is -2.34. The third-order valence-corrected chi connectivity index (χ3v) is 6.38. The van der Waals surface area contributed by atoms with Crippen LogP contribution in [0.1, 0.15) is 56.1 Å². The van der Waals surface area contributed by atoms with Gasteiger partial charge >= 0.3 is 0 Å². The summed E-state index contributed by atoms with van der Waals surface area (Å²) in [4.78, 5) is 17.0. The number of aromatic nitrogens is 1. The Bertz CT molecular complexity index is 926. The molecule has 4 heteroatoms. The number of nitrogens with zero attached hydrogens (tertiary/aromatic N) is 1. The molecule has 0 radical (unpaired) electrons. The zero-order valence-electron chi connectivity index (χ0n) is 17.7. The number of H-pyrrole nitrogens is 1. The molecule has 0 amide bonds. The van der Waals surface area contributed by atoms with Crippen LogP contribution in [-0.4, -0.2) is 29.6 Å². The molecule has 2 heterocycles. The van der Waals surface area contributed by atoms with Crippen molar-refractivity contribution in [1.82, 2.24) is 9.88 Å². The van der Waals surface area contributed by atoms with Crippen molar-refractivity contribution in [2.24, 2.45) is 11.8 Å². The minimum atomic E-state index is 0.0178. The Kier molecular flexibility index (Phi) is 7.26. The van der Waals surface area contributed by atoms with Crippen LogP contribution in [0.5, 0.6) is 5.75 Å². The Balaban J connectivity index is 1.30. The van der Waals surface area contributed by atoms with Crippen molar-refractivity contribution in [1.29, 1.82) is 0 Å². The van der Waals surface area contributed by atoms with Crippen molar-refractivity contribution in [3.05, 3.63) is 64.1 Å². The average molecular weight is 405 g/mol. The van der Waals surface area contributed by atoms with Gasteiger partial charge in [-0.05, 0) is 62.9 Å². The summed E-state index contributed by atoms with van der Waals surface area (Å²) in [7, 11) is 0. The lowest BCUT2D eigenvalue weighted by molar-refractivity contribution is 0.198. The Morgan fingerprint density at radius 2 is 1.80 bits per heavy atom. The normalized spacial score (nSPS) is 18.5. The van der Waals surface area contributed by atoms with E-state index >= 15 is 0 Å². The highest BCUT2D eigenvalue weighted by atomic mass is 16.5. The van der Waals surface area contributed by atoms with Gasteiger partial charge in [-0.1, -0.05) is 49.3 Å². The molecule has 1 aromatic carbocycles. The molecule has 2 aliphatic rings. The number of ether oxygens (including phenoxy) is 1. The number of likely N-dealkylation sites (tertiary alicyclic amines) is 1. The van der Waals surface area contributed by atoms with Crippen LogP contribution in [0.3, 0.4) is 0 Å². The van der Waals surface area contributed by atoms with Crippen LogP contribution in [-0.2, 0) is 6.54 Å². The maximum atomic E-state index is 11.9. The van der Waals surface area contributed by atoms with Gasteiger partial charge < -0.3 is 9.72 Å². The van der Waals surface area contributed by atoms with Crippen molar-refractivity contribution in [2.45, 2.75) is 51.5 Å². The lowest BCUT2D eigenvalue weighted by atomic mass is 9.90. The van der Waals surface area contributed by atoms with E-state index < -0.39 is 0 Å². The predicted octanol–water partition coefficient (Wildman–Crippen LogP) is 4.60. The van der Waals surface area contributed by atoms with Crippen molar-refractivity contribution >= 4 is 0 Å². The van der Waals surface area contributed by atoms with Gasteiger partial charge in [0.15, 0.2) is 0 Å². The van der Waals surface area contributed by atoms with Gasteiger partial charge in [-0.2, -0.15) is 0 Å². The first-order chi connectivity index (χ1) is 14.8. The molecule has 1 aromatic heterocycles. The van der Waals surface area contributed by atoms with E-state index in [-0.39, 0.29) is 5.56 Å². The third kappa shape index (κ3) is 5.77. The maximum absolute atomic E-state index is 11.9. The van der Waals surface area contributed by atoms with Crippen LogP contribution in [0.2, 0.25) is 0 Å². The molecule has 0 bridgehead atoms. The fourth-order valence-corrected chi connectivity index (χ4v) is 4.49. The first kappa shape index (κ1) is 20.8. The molecule has 0 spiro atoms.